The molecule has 2 aromatic rings. The molecule has 0 spiro atoms. The Hall–Kier alpha value is -4.98. The van der Waals surface area contributed by atoms with Crippen LogP contribution in [0.4, 0.5) is 0 Å². The smallest absolute Gasteiger partial charge is 0.326 e. The molecular formula is C27H34N6O8. The van der Waals surface area contributed by atoms with E-state index < -0.39 is 66.1 Å². The number of hydrogen-bond donors (Lipinski definition) is 8. The average molecular weight is 571 g/mol. The molecule has 11 N–H and O–H groups in total. The van der Waals surface area contributed by atoms with Gasteiger partial charge in [0.2, 0.25) is 29.5 Å². The minimum atomic E-state index is -1.53. The number of phenols is 1. The fourth-order valence-corrected chi connectivity index (χ4v) is 3.79. The highest BCUT2D eigenvalue weighted by Crippen LogP contribution is 2.12. The third-order valence-corrected chi connectivity index (χ3v) is 5.98. The molecule has 0 saturated heterocycles. The molecule has 14 heteroatoms. The normalized spacial score (nSPS) is 13.6. The molecule has 0 aliphatic carbocycles. The quantitative estimate of drug-likeness (QED) is 0.113. The summed E-state index contributed by atoms with van der Waals surface area (Å²) in [6, 6.07) is 8.87. The number of nitrogens with two attached hydrogens (primary N) is 3. The molecule has 0 heterocycles. The zero-order chi connectivity index (χ0) is 30.5. The Bertz CT molecular complexity index is 1240. The fourth-order valence-electron chi connectivity index (χ4n) is 3.79. The van der Waals surface area contributed by atoms with Crippen LogP contribution in [0, 0.1) is 0 Å². The minimum Gasteiger partial charge on any atom is -0.508 e. The molecule has 0 fully saturated rings. The van der Waals surface area contributed by atoms with Crippen LogP contribution in [-0.2, 0) is 41.6 Å². The second-order valence-electron chi connectivity index (χ2n) is 9.36. The van der Waals surface area contributed by atoms with Crippen molar-refractivity contribution in [1.82, 2.24) is 16.0 Å². The van der Waals surface area contributed by atoms with Gasteiger partial charge in [0.1, 0.15) is 23.9 Å². The molecule has 4 unspecified atom stereocenters. The van der Waals surface area contributed by atoms with Gasteiger partial charge < -0.3 is 43.4 Å². The lowest BCUT2D eigenvalue weighted by Crippen LogP contribution is -2.58. The van der Waals surface area contributed by atoms with Crippen LogP contribution in [0.5, 0.6) is 5.75 Å². The van der Waals surface area contributed by atoms with Gasteiger partial charge in [0.05, 0.1) is 12.5 Å². The zero-order valence-electron chi connectivity index (χ0n) is 22.1. The van der Waals surface area contributed by atoms with E-state index in [-0.39, 0.29) is 31.4 Å². The Morgan fingerprint density at radius 1 is 0.683 bits per heavy atom. The maximum Gasteiger partial charge on any atom is 0.326 e. The fraction of sp³-hybridized carbons (Fsp3) is 0.333. The summed E-state index contributed by atoms with van der Waals surface area (Å²) < 4.78 is 0. The number of aromatic hydroxyl groups is 1. The van der Waals surface area contributed by atoms with Gasteiger partial charge in [-0.1, -0.05) is 42.5 Å². The molecule has 0 radical (unpaired) electrons. The number of aliphatic carboxylic acids is 1. The molecule has 0 saturated carbocycles. The van der Waals surface area contributed by atoms with Crippen molar-refractivity contribution in [1.29, 1.82) is 0 Å². The number of primary amides is 2. The lowest BCUT2D eigenvalue weighted by molar-refractivity contribution is -0.142. The number of carboxylic acid groups (broad SMARTS) is 1. The molecule has 2 rings (SSSR count). The maximum absolute atomic E-state index is 13.3. The van der Waals surface area contributed by atoms with Gasteiger partial charge in [-0.25, -0.2) is 4.79 Å². The van der Waals surface area contributed by atoms with Gasteiger partial charge in [-0.15, -0.1) is 0 Å². The van der Waals surface area contributed by atoms with Crippen LogP contribution in [0.3, 0.4) is 0 Å². The van der Waals surface area contributed by atoms with Crippen molar-refractivity contribution in [3.8, 4) is 5.75 Å². The summed E-state index contributed by atoms with van der Waals surface area (Å²) in [5, 5.41) is 26.5. The molecular weight excluding hydrogens is 536 g/mol. The van der Waals surface area contributed by atoms with E-state index in [0.717, 1.165) is 0 Å². The van der Waals surface area contributed by atoms with Crippen LogP contribution < -0.4 is 33.2 Å². The van der Waals surface area contributed by atoms with Gasteiger partial charge >= 0.3 is 5.97 Å². The summed E-state index contributed by atoms with van der Waals surface area (Å²) in [7, 11) is 0. The first-order valence-electron chi connectivity index (χ1n) is 12.6. The number of phenolic OH excluding ortho intramolecular Hbond substituents is 1. The molecule has 5 amide bonds. The van der Waals surface area contributed by atoms with E-state index in [1.165, 1.54) is 24.3 Å². The van der Waals surface area contributed by atoms with Gasteiger partial charge in [0.25, 0.3) is 0 Å². The Morgan fingerprint density at radius 2 is 1.20 bits per heavy atom. The van der Waals surface area contributed by atoms with E-state index >= 15 is 0 Å². The van der Waals surface area contributed by atoms with E-state index in [9.17, 15) is 39.0 Å². The van der Waals surface area contributed by atoms with E-state index in [4.69, 9.17) is 17.2 Å². The van der Waals surface area contributed by atoms with Gasteiger partial charge in [0, 0.05) is 19.3 Å². The monoisotopic (exact) mass is 570 g/mol. The Balaban J connectivity index is 2.26. The van der Waals surface area contributed by atoms with Crippen molar-refractivity contribution in [2.75, 3.05) is 0 Å². The Labute approximate surface area is 235 Å². The van der Waals surface area contributed by atoms with E-state index in [2.05, 4.69) is 16.0 Å². The summed E-state index contributed by atoms with van der Waals surface area (Å²) in [6.45, 7) is 0. The number of rotatable bonds is 16. The van der Waals surface area contributed by atoms with Crippen LogP contribution in [0.2, 0.25) is 0 Å². The number of carboxylic acids is 1. The van der Waals surface area contributed by atoms with Gasteiger partial charge in [0.15, 0.2) is 0 Å². The molecule has 0 bridgehead atoms. The van der Waals surface area contributed by atoms with Crippen LogP contribution >= 0.6 is 0 Å². The first kappa shape index (κ1) is 32.2. The number of benzene rings is 2. The molecule has 0 aliphatic rings. The second kappa shape index (κ2) is 15.6. The van der Waals surface area contributed by atoms with Crippen molar-refractivity contribution in [3.63, 3.8) is 0 Å². The third kappa shape index (κ3) is 11.3. The predicted molar refractivity (Wildman–Crippen MR) is 146 cm³/mol. The molecule has 0 aromatic heterocycles. The van der Waals surface area contributed by atoms with Gasteiger partial charge in [-0.2, -0.15) is 0 Å². The molecule has 220 valence electrons. The van der Waals surface area contributed by atoms with Crippen LogP contribution in [0.1, 0.15) is 30.4 Å². The van der Waals surface area contributed by atoms with Crippen molar-refractivity contribution in [2.24, 2.45) is 17.2 Å². The van der Waals surface area contributed by atoms with Gasteiger partial charge in [-0.05, 0) is 29.7 Å². The number of hydrogen-bond acceptors (Lipinski definition) is 8. The van der Waals surface area contributed by atoms with Crippen molar-refractivity contribution >= 4 is 35.5 Å². The number of amides is 5. The molecule has 2 aromatic carbocycles. The summed E-state index contributed by atoms with van der Waals surface area (Å²) in [5.74, 6) is -5.64. The topological polar surface area (TPSA) is 257 Å². The Morgan fingerprint density at radius 3 is 1.76 bits per heavy atom. The minimum absolute atomic E-state index is 0.0364. The molecule has 41 heavy (non-hydrogen) atoms. The number of carbonyl (C=O) groups is 6. The lowest BCUT2D eigenvalue weighted by Gasteiger charge is -2.25. The lowest BCUT2D eigenvalue weighted by atomic mass is 10.0. The summed E-state index contributed by atoms with van der Waals surface area (Å²) >= 11 is 0. The molecule has 14 nitrogen and oxygen atoms in total. The third-order valence-electron chi connectivity index (χ3n) is 5.98. The number of nitrogens with one attached hydrogen (secondary N) is 3. The standard InChI is InChI=1S/C27H34N6O8/c28-18(10-11-22(29)35)24(37)31-20(14-23(30)36)26(39)32-19(12-16-6-8-17(34)9-7-16)25(38)33-21(27(40)41)13-15-4-2-1-3-5-15/h1-9,18-21,34H,10-14,28H2,(H2,29,35)(H2,30,36)(H,31,37)(H,32,39)(H,33,38)(H,40,41). The van der Waals surface area contributed by atoms with Crippen LogP contribution in [0.25, 0.3) is 0 Å². The van der Waals surface area contributed by atoms with E-state index in [0.29, 0.717) is 11.1 Å². The van der Waals surface area contributed by atoms with Crippen LogP contribution in [-0.4, -0.2) is 69.9 Å². The average Bonchev–Trinajstić information content (AvgIpc) is 2.91. The predicted octanol–water partition coefficient (Wildman–Crippen LogP) is -1.82. The van der Waals surface area contributed by atoms with E-state index in [1.54, 1.807) is 30.3 Å². The van der Waals surface area contributed by atoms with E-state index in [1.807, 2.05) is 0 Å². The summed E-state index contributed by atoms with van der Waals surface area (Å²) in [5.41, 5.74) is 17.2. The van der Waals surface area contributed by atoms with Crippen molar-refractivity contribution < 1.29 is 39.0 Å². The van der Waals surface area contributed by atoms with Gasteiger partial charge in [-0.3, -0.25) is 24.0 Å². The van der Waals surface area contributed by atoms with Crippen LogP contribution in [0.15, 0.2) is 54.6 Å². The SMILES string of the molecule is NC(=O)CCC(N)C(=O)NC(CC(N)=O)C(=O)NC(Cc1ccc(O)cc1)C(=O)NC(Cc1ccccc1)C(=O)O. The van der Waals surface area contributed by atoms with Crippen molar-refractivity contribution in [2.45, 2.75) is 56.3 Å². The Kier molecular flexibility index (Phi) is 12.2. The highest BCUT2D eigenvalue weighted by molar-refractivity contribution is 5.96. The molecule has 4 atom stereocenters. The highest BCUT2D eigenvalue weighted by atomic mass is 16.4. The first-order valence-corrected chi connectivity index (χ1v) is 12.6. The van der Waals surface area contributed by atoms with Crippen molar-refractivity contribution in [3.05, 3.63) is 65.7 Å². The highest BCUT2D eigenvalue weighted by Gasteiger charge is 2.31. The first-order chi connectivity index (χ1) is 19.3. The largest absolute Gasteiger partial charge is 0.508 e. The molecule has 0 aliphatic heterocycles. The second-order valence-corrected chi connectivity index (χ2v) is 9.36. The maximum atomic E-state index is 13.3. The zero-order valence-corrected chi connectivity index (χ0v) is 22.1. The summed E-state index contributed by atoms with van der Waals surface area (Å²) in [6.07, 6.45) is -1.12. The number of carbonyl (C=O) groups excluding carboxylic acids is 5. The summed E-state index contributed by atoms with van der Waals surface area (Å²) in [4.78, 5) is 73.6.